The van der Waals surface area contributed by atoms with Crippen molar-refractivity contribution in [1.82, 2.24) is 10.3 Å². The van der Waals surface area contributed by atoms with Crippen LogP contribution in [0.25, 0.3) is 0 Å². The Bertz CT molecular complexity index is 350. The molecule has 1 amide bonds. The van der Waals surface area contributed by atoms with E-state index in [1.807, 2.05) is 23.9 Å². The third-order valence-corrected chi connectivity index (χ3v) is 4.08. The standard InChI is InChI=1S/C13H18N2OS/c16-13(8-11-3-6-17-7-4-11)15-10-12-2-1-5-14-9-12/h1-2,5,9,11H,3-4,6-8,10H2,(H,15,16). The van der Waals surface area contributed by atoms with Gasteiger partial charge in [0.05, 0.1) is 0 Å². The minimum absolute atomic E-state index is 0.172. The van der Waals surface area contributed by atoms with Gasteiger partial charge in [0.1, 0.15) is 0 Å². The van der Waals surface area contributed by atoms with Gasteiger partial charge >= 0.3 is 0 Å². The average Bonchev–Trinajstić information content (AvgIpc) is 2.39. The van der Waals surface area contributed by atoms with E-state index in [9.17, 15) is 4.79 Å². The predicted octanol–water partition coefficient (Wildman–Crippen LogP) is 2.23. The van der Waals surface area contributed by atoms with Gasteiger partial charge in [0.2, 0.25) is 5.91 Å². The van der Waals surface area contributed by atoms with E-state index in [1.165, 1.54) is 24.3 Å². The van der Waals surface area contributed by atoms with Gasteiger partial charge in [-0.15, -0.1) is 0 Å². The first-order valence-electron chi connectivity index (χ1n) is 6.08. The summed E-state index contributed by atoms with van der Waals surface area (Å²) in [6.45, 7) is 0.591. The van der Waals surface area contributed by atoms with Gasteiger partial charge in [-0.2, -0.15) is 11.8 Å². The van der Waals surface area contributed by atoms with Gasteiger partial charge in [0, 0.05) is 25.4 Å². The second-order valence-electron chi connectivity index (χ2n) is 4.40. The lowest BCUT2D eigenvalue weighted by Crippen LogP contribution is -2.26. The van der Waals surface area contributed by atoms with Gasteiger partial charge in [-0.05, 0) is 41.9 Å². The fourth-order valence-electron chi connectivity index (χ4n) is 1.99. The van der Waals surface area contributed by atoms with Crippen molar-refractivity contribution in [2.45, 2.75) is 25.8 Å². The maximum absolute atomic E-state index is 11.7. The first-order valence-corrected chi connectivity index (χ1v) is 7.23. The first-order chi connectivity index (χ1) is 8.34. The summed E-state index contributed by atoms with van der Waals surface area (Å²) < 4.78 is 0. The van der Waals surface area contributed by atoms with Crippen LogP contribution in [-0.4, -0.2) is 22.4 Å². The van der Waals surface area contributed by atoms with Crippen molar-refractivity contribution in [2.75, 3.05) is 11.5 Å². The van der Waals surface area contributed by atoms with E-state index >= 15 is 0 Å². The number of carbonyl (C=O) groups excluding carboxylic acids is 1. The quantitative estimate of drug-likeness (QED) is 0.891. The van der Waals surface area contributed by atoms with Crippen LogP contribution in [0.4, 0.5) is 0 Å². The topological polar surface area (TPSA) is 42.0 Å². The molecule has 0 unspecified atom stereocenters. The highest BCUT2D eigenvalue weighted by Gasteiger charge is 2.16. The fraction of sp³-hybridized carbons (Fsp3) is 0.538. The van der Waals surface area contributed by atoms with Gasteiger partial charge in [-0.3, -0.25) is 9.78 Å². The monoisotopic (exact) mass is 250 g/mol. The Labute approximate surface area is 106 Å². The van der Waals surface area contributed by atoms with Crippen LogP contribution in [0, 0.1) is 5.92 Å². The van der Waals surface area contributed by atoms with Crippen LogP contribution in [0.2, 0.25) is 0 Å². The smallest absolute Gasteiger partial charge is 0.220 e. The number of amides is 1. The van der Waals surface area contributed by atoms with Gasteiger partial charge in [-0.25, -0.2) is 0 Å². The third kappa shape index (κ3) is 4.38. The van der Waals surface area contributed by atoms with Crippen molar-refractivity contribution in [2.24, 2.45) is 5.92 Å². The van der Waals surface area contributed by atoms with E-state index < -0.39 is 0 Å². The minimum atomic E-state index is 0.172. The summed E-state index contributed by atoms with van der Waals surface area (Å²) in [5.74, 6) is 3.18. The Morgan fingerprint density at radius 3 is 3.00 bits per heavy atom. The largest absolute Gasteiger partial charge is 0.352 e. The number of rotatable bonds is 4. The molecule has 2 rings (SSSR count). The summed E-state index contributed by atoms with van der Waals surface area (Å²) in [5, 5.41) is 2.96. The van der Waals surface area contributed by atoms with Gasteiger partial charge in [0.25, 0.3) is 0 Å². The highest BCUT2D eigenvalue weighted by molar-refractivity contribution is 7.99. The molecular formula is C13H18N2OS. The number of nitrogens with zero attached hydrogens (tertiary/aromatic N) is 1. The molecule has 1 N–H and O–H groups in total. The Morgan fingerprint density at radius 2 is 2.29 bits per heavy atom. The SMILES string of the molecule is O=C(CC1CCSCC1)NCc1cccnc1. The van der Waals surface area contributed by atoms with Gasteiger partial charge < -0.3 is 5.32 Å². The number of hydrogen-bond acceptors (Lipinski definition) is 3. The molecule has 1 saturated heterocycles. The Morgan fingerprint density at radius 1 is 1.47 bits per heavy atom. The van der Waals surface area contributed by atoms with Crippen molar-refractivity contribution in [3.05, 3.63) is 30.1 Å². The van der Waals surface area contributed by atoms with Crippen LogP contribution in [-0.2, 0) is 11.3 Å². The summed E-state index contributed by atoms with van der Waals surface area (Å²) in [7, 11) is 0. The lowest BCUT2D eigenvalue weighted by molar-refractivity contribution is -0.122. The predicted molar refractivity (Wildman–Crippen MR) is 70.7 cm³/mol. The molecule has 0 saturated carbocycles. The van der Waals surface area contributed by atoms with Crippen molar-refractivity contribution in [1.29, 1.82) is 0 Å². The zero-order chi connectivity index (χ0) is 11.9. The molecule has 1 aliphatic heterocycles. The van der Waals surface area contributed by atoms with Crippen molar-refractivity contribution < 1.29 is 4.79 Å². The molecule has 1 aromatic heterocycles. The molecule has 0 aliphatic carbocycles. The zero-order valence-electron chi connectivity index (χ0n) is 9.89. The maximum atomic E-state index is 11.7. The third-order valence-electron chi connectivity index (χ3n) is 3.03. The molecule has 0 spiro atoms. The second-order valence-corrected chi connectivity index (χ2v) is 5.62. The highest BCUT2D eigenvalue weighted by Crippen LogP contribution is 2.25. The van der Waals surface area contributed by atoms with Crippen LogP contribution in [0.15, 0.2) is 24.5 Å². The molecule has 0 bridgehead atoms. The summed E-state index contributed by atoms with van der Waals surface area (Å²) in [5.41, 5.74) is 1.06. The molecule has 1 aromatic rings. The van der Waals surface area contributed by atoms with Crippen LogP contribution in [0.3, 0.4) is 0 Å². The Kier molecular flexibility index (Phi) is 4.86. The molecule has 1 aliphatic rings. The number of hydrogen-bond donors (Lipinski definition) is 1. The van der Waals surface area contributed by atoms with Crippen LogP contribution < -0.4 is 5.32 Å². The van der Waals surface area contributed by atoms with E-state index in [-0.39, 0.29) is 5.91 Å². The molecule has 3 nitrogen and oxygen atoms in total. The highest BCUT2D eigenvalue weighted by atomic mass is 32.2. The van der Waals surface area contributed by atoms with E-state index in [2.05, 4.69) is 10.3 Å². The lowest BCUT2D eigenvalue weighted by Gasteiger charge is -2.20. The van der Waals surface area contributed by atoms with Crippen LogP contribution in [0.1, 0.15) is 24.8 Å². The number of nitrogens with one attached hydrogen (secondary N) is 1. The van der Waals surface area contributed by atoms with E-state index in [0.29, 0.717) is 18.9 Å². The second kappa shape index (κ2) is 6.64. The Balaban J connectivity index is 1.70. The molecule has 4 heteroatoms. The first kappa shape index (κ1) is 12.4. The summed E-state index contributed by atoms with van der Waals surface area (Å²) in [6, 6.07) is 3.87. The maximum Gasteiger partial charge on any atom is 0.220 e. The molecule has 0 radical (unpaired) electrons. The van der Waals surface area contributed by atoms with Crippen molar-refractivity contribution in [3.63, 3.8) is 0 Å². The Hall–Kier alpha value is -1.03. The van der Waals surface area contributed by atoms with Crippen LogP contribution in [0.5, 0.6) is 0 Å². The van der Waals surface area contributed by atoms with E-state index in [4.69, 9.17) is 0 Å². The van der Waals surface area contributed by atoms with Crippen molar-refractivity contribution >= 4 is 17.7 Å². The number of pyridine rings is 1. The van der Waals surface area contributed by atoms with Gasteiger partial charge in [0.15, 0.2) is 0 Å². The molecule has 2 heterocycles. The van der Waals surface area contributed by atoms with Gasteiger partial charge in [-0.1, -0.05) is 6.07 Å². The molecule has 0 aromatic carbocycles. The number of carbonyl (C=O) groups is 1. The zero-order valence-corrected chi connectivity index (χ0v) is 10.7. The molecular weight excluding hydrogens is 232 g/mol. The normalized spacial score (nSPS) is 16.7. The summed E-state index contributed by atoms with van der Waals surface area (Å²) >= 11 is 2.00. The lowest BCUT2D eigenvalue weighted by atomic mass is 9.98. The summed E-state index contributed by atoms with van der Waals surface area (Å²) in [6.07, 6.45) is 6.58. The number of aromatic nitrogens is 1. The molecule has 1 fully saturated rings. The van der Waals surface area contributed by atoms with Crippen LogP contribution >= 0.6 is 11.8 Å². The number of thioether (sulfide) groups is 1. The fourth-order valence-corrected chi connectivity index (χ4v) is 3.19. The van der Waals surface area contributed by atoms with E-state index in [1.54, 1.807) is 12.4 Å². The minimum Gasteiger partial charge on any atom is -0.352 e. The molecule has 92 valence electrons. The van der Waals surface area contributed by atoms with E-state index in [0.717, 1.165) is 5.56 Å². The van der Waals surface area contributed by atoms with Crippen molar-refractivity contribution in [3.8, 4) is 0 Å². The average molecular weight is 250 g/mol. The molecule has 17 heavy (non-hydrogen) atoms. The molecule has 0 atom stereocenters. The summed E-state index contributed by atoms with van der Waals surface area (Å²) in [4.78, 5) is 15.8.